The number of carbonyl (C=O) groups is 1. The van der Waals surface area contributed by atoms with Gasteiger partial charge in [0.25, 0.3) is 0 Å². The van der Waals surface area contributed by atoms with Crippen molar-refractivity contribution in [3.63, 3.8) is 0 Å². The minimum atomic E-state index is 0.163. The molecule has 3 rings (SSSR count). The molecule has 102 valence electrons. The van der Waals surface area contributed by atoms with Crippen LogP contribution in [0.1, 0.15) is 32.6 Å². The number of halogens is 1. The number of fused-ring (bicyclic) bond motifs is 2. The van der Waals surface area contributed by atoms with Gasteiger partial charge in [0.2, 0.25) is 5.91 Å². The highest BCUT2D eigenvalue weighted by atomic mass is 79.9. The van der Waals surface area contributed by atoms with Gasteiger partial charge in [-0.05, 0) is 38.0 Å². The summed E-state index contributed by atoms with van der Waals surface area (Å²) < 4.78 is 5.80. The summed E-state index contributed by atoms with van der Waals surface area (Å²) >= 11 is 3.47. The summed E-state index contributed by atoms with van der Waals surface area (Å²) in [4.78, 5) is 14.7. The molecule has 0 aromatic carbocycles. The molecule has 0 radical (unpaired) electrons. The maximum atomic E-state index is 12.7. The minimum absolute atomic E-state index is 0.163. The normalized spacial score (nSPS) is 43.4. The van der Waals surface area contributed by atoms with Crippen LogP contribution in [0.25, 0.3) is 0 Å². The summed E-state index contributed by atoms with van der Waals surface area (Å²) in [5.41, 5.74) is 0. The van der Waals surface area contributed by atoms with E-state index in [1.54, 1.807) is 0 Å². The van der Waals surface area contributed by atoms with E-state index in [1.165, 1.54) is 19.3 Å². The van der Waals surface area contributed by atoms with E-state index in [4.69, 9.17) is 4.74 Å². The van der Waals surface area contributed by atoms with E-state index in [2.05, 4.69) is 27.8 Å². The predicted molar refractivity (Wildman–Crippen MR) is 73.6 cm³/mol. The molecule has 3 fully saturated rings. The van der Waals surface area contributed by atoms with Crippen molar-refractivity contribution < 1.29 is 9.53 Å². The van der Waals surface area contributed by atoms with Crippen molar-refractivity contribution in [2.24, 2.45) is 17.8 Å². The third kappa shape index (κ3) is 2.34. The molecule has 5 unspecified atom stereocenters. The van der Waals surface area contributed by atoms with Crippen LogP contribution in [0.5, 0.6) is 0 Å². The molecule has 2 saturated carbocycles. The quantitative estimate of drug-likeness (QED) is 0.732. The van der Waals surface area contributed by atoms with E-state index in [0.29, 0.717) is 17.7 Å². The molecule has 1 aliphatic heterocycles. The molecule has 18 heavy (non-hydrogen) atoms. The van der Waals surface area contributed by atoms with E-state index in [0.717, 1.165) is 30.8 Å². The molecule has 5 atom stereocenters. The lowest BCUT2D eigenvalue weighted by molar-refractivity contribution is -0.148. The fraction of sp³-hybridized carbons (Fsp3) is 0.929. The van der Waals surface area contributed by atoms with Gasteiger partial charge in [0.1, 0.15) is 0 Å². The smallest absolute Gasteiger partial charge is 0.226 e. The first-order valence-corrected chi connectivity index (χ1v) is 8.29. The van der Waals surface area contributed by atoms with Crippen LogP contribution in [-0.4, -0.2) is 41.4 Å². The van der Waals surface area contributed by atoms with Crippen LogP contribution < -0.4 is 0 Å². The van der Waals surface area contributed by atoms with Crippen LogP contribution >= 0.6 is 15.9 Å². The Hall–Kier alpha value is -0.0900. The predicted octanol–water partition coefficient (Wildman–Crippen LogP) is 2.43. The molecule has 2 bridgehead atoms. The summed E-state index contributed by atoms with van der Waals surface area (Å²) in [5.74, 6) is 2.26. The highest BCUT2D eigenvalue weighted by molar-refractivity contribution is 9.09. The second kappa shape index (κ2) is 5.12. The molecule has 3 nitrogen and oxygen atoms in total. The van der Waals surface area contributed by atoms with Crippen molar-refractivity contribution in [1.29, 1.82) is 0 Å². The first kappa shape index (κ1) is 12.9. The maximum absolute atomic E-state index is 12.7. The number of ether oxygens (including phenoxy) is 1. The number of alkyl halides is 1. The topological polar surface area (TPSA) is 29.5 Å². The number of nitrogens with zero attached hydrogens (tertiary/aromatic N) is 1. The number of morpholine rings is 1. The second-order valence-corrected chi connectivity index (χ2v) is 6.90. The van der Waals surface area contributed by atoms with Gasteiger partial charge in [-0.1, -0.05) is 22.4 Å². The van der Waals surface area contributed by atoms with Crippen LogP contribution in [0.2, 0.25) is 0 Å². The largest absolute Gasteiger partial charge is 0.371 e. The lowest BCUT2D eigenvalue weighted by Gasteiger charge is -2.38. The first-order valence-electron chi connectivity index (χ1n) is 7.17. The lowest BCUT2D eigenvalue weighted by atomic mass is 9.87. The fourth-order valence-electron chi connectivity index (χ4n) is 4.09. The summed E-state index contributed by atoms with van der Waals surface area (Å²) in [6, 6.07) is 0. The summed E-state index contributed by atoms with van der Waals surface area (Å²) in [6.07, 6.45) is 5.42. The number of carbonyl (C=O) groups excluding carboxylic acids is 1. The van der Waals surface area contributed by atoms with Crippen molar-refractivity contribution in [2.45, 2.75) is 44.8 Å². The number of amides is 1. The standard InChI is InChI=1S/C14H22BrNO2/c1-9-7-16(8-12(6-15)18-9)14(17)13-5-10-2-3-11(13)4-10/h9-13H,2-8H2,1H3. The summed E-state index contributed by atoms with van der Waals surface area (Å²) in [5, 5.41) is 0.817. The van der Waals surface area contributed by atoms with E-state index in [1.807, 2.05) is 0 Å². The zero-order valence-electron chi connectivity index (χ0n) is 11.0. The van der Waals surface area contributed by atoms with Gasteiger partial charge in [-0.25, -0.2) is 0 Å². The Bertz CT molecular complexity index is 336. The highest BCUT2D eigenvalue weighted by Gasteiger charge is 2.45. The van der Waals surface area contributed by atoms with Gasteiger partial charge in [-0.3, -0.25) is 4.79 Å². The molecule has 1 saturated heterocycles. The van der Waals surface area contributed by atoms with Crippen LogP contribution in [0.4, 0.5) is 0 Å². The Morgan fingerprint density at radius 2 is 2.17 bits per heavy atom. The zero-order valence-corrected chi connectivity index (χ0v) is 12.6. The Labute approximate surface area is 117 Å². The fourth-order valence-corrected chi connectivity index (χ4v) is 4.45. The molecule has 4 heteroatoms. The summed E-state index contributed by atoms with van der Waals surface area (Å²) in [7, 11) is 0. The van der Waals surface area contributed by atoms with Gasteiger partial charge in [-0.2, -0.15) is 0 Å². The second-order valence-electron chi connectivity index (χ2n) is 6.25. The van der Waals surface area contributed by atoms with Crippen molar-refractivity contribution in [3.8, 4) is 0 Å². The Balaban J connectivity index is 1.65. The molecule has 3 aliphatic rings. The molecule has 0 spiro atoms. The number of rotatable bonds is 2. The van der Waals surface area contributed by atoms with Gasteiger partial charge in [0.05, 0.1) is 12.2 Å². The molecule has 2 aliphatic carbocycles. The Morgan fingerprint density at radius 1 is 1.33 bits per heavy atom. The van der Waals surface area contributed by atoms with Gasteiger partial charge in [-0.15, -0.1) is 0 Å². The maximum Gasteiger partial charge on any atom is 0.226 e. The van der Waals surface area contributed by atoms with Crippen LogP contribution in [0, 0.1) is 17.8 Å². The summed E-state index contributed by atoms with van der Waals surface area (Å²) in [6.45, 7) is 3.61. The monoisotopic (exact) mass is 315 g/mol. The first-order chi connectivity index (χ1) is 8.67. The lowest BCUT2D eigenvalue weighted by Crippen LogP contribution is -2.52. The third-order valence-electron chi connectivity index (χ3n) is 4.87. The van der Waals surface area contributed by atoms with Crippen LogP contribution in [0.15, 0.2) is 0 Å². The third-order valence-corrected chi connectivity index (χ3v) is 5.59. The van der Waals surface area contributed by atoms with E-state index in [9.17, 15) is 4.79 Å². The SMILES string of the molecule is CC1CN(C(=O)C2CC3CCC2C3)CC(CBr)O1. The van der Waals surface area contributed by atoms with Crippen molar-refractivity contribution in [1.82, 2.24) is 4.90 Å². The average molecular weight is 316 g/mol. The van der Waals surface area contributed by atoms with E-state index < -0.39 is 0 Å². The van der Waals surface area contributed by atoms with Gasteiger partial charge in [0, 0.05) is 24.3 Å². The molecule has 1 heterocycles. The van der Waals surface area contributed by atoms with Crippen LogP contribution in [0.3, 0.4) is 0 Å². The number of hydrogen-bond donors (Lipinski definition) is 0. The number of hydrogen-bond acceptors (Lipinski definition) is 2. The highest BCUT2D eigenvalue weighted by Crippen LogP contribution is 2.49. The molecular formula is C14H22BrNO2. The van der Waals surface area contributed by atoms with Crippen molar-refractivity contribution >= 4 is 21.8 Å². The zero-order chi connectivity index (χ0) is 12.7. The molecule has 0 aromatic rings. The van der Waals surface area contributed by atoms with Gasteiger partial charge in [0.15, 0.2) is 0 Å². The van der Waals surface area contributed by atoms with Crippen molar-refractivity contribution in [3.05, 3.63) is 0 Å². The average Bonchev–Trinajstić information content (AvgIpc) is 2.99. The minimum Gasteiger partial charge on any atom is -0.371 e. The van der Waals surface area contributed by atoms with E-state index in [-0.39, 0.29) is 12.2 Å². The van der Waals surface area contributed by atoms with Gasteiger partial charge < -0.3 is 9.64 Å². The van der Waals surface area contributed by atoms with E-state index >= 15 is 0 Å². The molecule has 0 aromatic heterocycles. The van der Waals surface area contributed by atoms with Crippen molar-refractivity contribution in [2.75, 3.05) is 18.4 Å². The Morgan fingerprint density at radius 3 is 2.78 bits per heavy atom. The molecular weight excluding hydrogens is 294 g/mol. The molecule has 1 amide bonds. The molecule has 0 N–H and O–H groups in total. The van der Waals surface area contributed by atoms with Crippen LogP contribution in [-0.2, 0) is 9.53 Å². The van der Waals surface area contributed by atoms with Gasteiger partial charge >= 0.3 is 0 Å². The Kier molecular flexibility index (Phi) is 3.68.